The quantitative estimate of drug-likeness (QED) is 0.264. The van der Waals surface area contributed by atoms with Gasteiger partial charge < -0.3 is 25.4 Å². The molecule has 1 amide bonds. The number of nitrogens with one attached hydrogen (secondary N) is 2. The summed E-state index contributed by atoms with van der Waals surface area (Å²) in [5.41, 5.74) is 0.197. The van der Waals surface area contributed by atoms with Gasteiger partial charge in [0.25, 0.3) is 5.95 Å². The number of nitrogens with zero attached hydrogens (tertiary/aromatic N) is 9. The van der Waals surface area contributed by atoms with Gasteiger partial charge in [-0.2, -0.15) is 14.6 Å². The van der Waals surface area contributed by atoms with E-state index in [1.807, 2.05) is 6.92 Å². The monoisotopic (exact) mass is 519 g/mol. The zero-order valence-electron chi connectivity index (χ0n) is 21.2. The van der Waals surface area contributed by atoms with Crippen molar-refractivity contribution in [2.24, 2.45) is 17.3 Å². The zero-order chi connectivity index (χ0) is 26.6. The van der Waals surface area contributed by atoms with E-state index in [2.05, 4.69) is 40.9 Å². The molecular formula is C24H29N11O3. The van der Waals surface area contributed by atoms with Crippen molar-refractivity contribution in [3.8, 4) is 17.5 Å². The van der Waals surface area contributed by atoms with Gasteiger partial charge >= 0.3 is 0 Å². The molecule has 0 radical (unpaired) electrons. The van der Waals surface area contributed by atoms with Crippen molar-refractivity contribution >= 4 is 22.9 Å². The molecule has 4 aromatic heterocycles. The molecule has 2 aliphatic carbocycles. The summed E-state index contributed by atoms with van der Waals surface area (Å²) in [6.45, 7) is 4.24. The molecule has 2 aliphatic rings. The van der Waals surface area contributed by atoms with Gasteiger partial charge in [0.15, 0.2) is 28.5 Å². The van der Waals surface area contributed by atoms with Crippen LogP contribution in [0.2, 0.25) is 0 Å². The number of anilines is 1. The Balaban J connectivity index is 1.45. The molecule has 0 aliphatic heterocycles. The lowest BCUT2D eigenvalue weighted by atomic mass is 9.77. The van der Waals surface area contributed by atoms with Crippen LogP contribution in [0.5, 0.6) is 0 Å². The Morgan fingerprint density at radius 3 is 2.66 bits per heavy atom. The van der Waals surface area contributed by atoms with Crippen LogP contribution < -0.4 is 10.6 Å². The standard InChI is InChI=1S/C24H29N11O3/c1-12-16(17(36)18(37)24(12,2)22(38)25-3)34-11-29-15-20(28-9-13-5-6-13)30-23(31-21(15)34)35-10-14(32-33-35)19-26-7-4-8-27-19/h4,7-8,10-13,16-18,36-37H,5-6,9H2,1-3H3,(H,25,38)(H,28,30,31)/t12-,16?,17?,18?,24+/m1/s1. The Morgan fingerprint density at radius 2 is 1.95 bits per heavy atom. The highest BCUT2D eigenvalue weighted by atomic mass is 16.3. The topological polar surface area (TPSA) is 182 Å². The van der Waals surface area contributed by atoms with E-state index in [1.54, 1.807) is 42.5 Å². The van der Waals surface area contributed by atoms with Gasteiger partial charge in [-0.1, -0.05) is 12.1 Å². The first kappa shape index (κ1) is 24.3. The first-order valence-corrected chi connectivity index (χ1v) is 12.6. The van der Waals surface area contributed by atoms with Crippen LogP contribution in [0.25, 0.3) is 28.6 Å². The third kappa shape index (κ3) is 3.79. The molecule has 0 bridgehead atoms. The van der Waals surface area contributed by atoms with Crippen LogP contribution in [-0.2, 0) is 4.79 Å². The fourth-order valence-corrected chi connectivity index (χ4v) is 5.28. The van der Waals surface area contributed by atoms with Crippen molar-refractivity contribution < 1.29 is 15.0 Å². The van der Waals surface area contributed by atoms with Crippen LogP contribution in [0.15, 0.2) is 31.0 Å². The molecule has 6 rings (SSSR count). The van der Waals surface area contributed by atoms with Gasteiger partial charge in [-0.15, -0.1) is 5.10 Å². The maximum Gasteiger partial charge on any atom is 0.256 e. The van der Waals surface area contributed by atoms with E-state index >= 15 is 0 Å². The van der Waals surface area contributed by atoms with Crippen LogP contribution in [0.3, 0.4) is 0 Å². The molecule has 0 aromatic carbocycles. The van der Waals surface area contributed by atoms with Crippen molar-refractivity contribution in [3.05, 3.63) is 31.0 Å². The van der Waals surface area contributed by atoms with Crippen LogP contribution in [0, 0.1) is 17.3 Å². The predicted octanol–water partition coefficient (Wildman–Crippen LogP) is 0.351. The number of aliphatic hydroxyl groups excluding tert-OH is 2. The molecule has 4 heterocycles. The van der Waals surface area contributed by atoms with Gasteiger partial charge in [0.2, 0.25) is 5.91 Å². The van der Waals surface area contributed by atoms with Gasteiger partial charge in [0.05, 0.1) is 30.1 Å². The second kappa shape index (κ2) is 9.06. The van der Waals surface area contributed by atoms with Crippen LogP contribution in [0.4, 0.5) is 5.82 Å². The number of hydrogen-bond acceptors (Lipinski definition) is 11. The third-order valence-corrected chi connectivity index (χ3v) is 7.94. The SMILES string of the molecule is CNC(=O)[C@]1(C)C(O)C(O)C(n2cnc3c(NCC4CC4)nc(-n4cc(-c5ncccn5)nn4)nc32)[C@H]1C. The number of imidazole rings is 1. The lowest BCUT2D eigenvalue weighted by Crippen LogP contribution is -2.47. The lowest BCUT2D eigenvalue weighted by Gasteiger charge is -2.31. The van der Waals surface area contributed by atoms with Crippen molar-refractivity contribution in [3.63, 3.8) is 0 Å². The number of aliphatic hydroxyl groups is 2. The van der Waals surface area contributed by atoms with E-state index < -0.39 is 29.6 Å². The average Bonchev–Trinajstić information content (AvgIpc) is 3.41. The zero-order valence-corrected chi connectivity index (χ0v) is 21.2. The summed E-state index contributed by atoms with van der Waals surface area (Å²) in [6, 6.07) is 1.05. The molecule has 0 saturated heterocycles. The minimum Gasteiger partial charge on any atom is -0.389 e. The summed E-state index contributed by atoms with van der Waals surface area (Å²) in [5, 5.41) is 36.5. The Morgan fingerprint density at radius 1 is 1.18 bits per heavy atom. The Kier molecular flexibility index (Phi) is 5.79. The number of hydrogen-bond donors (Lipinski definition) is 4. The van der Waals surface area contributed by atoms with E-state index in [-0.39, 0.29) is 11.9 Å². The van der Waals surface area contributed by atoms with E-state index in [0.717, 1.165) is 19.4 Å². The maximum atomic E-state index is 12.8. The van der Waals surface area contributed by atoms with Gasteiger partial charge in [-0.05, 0) is 37.7 Å². The normalized spacial score (nSPS) is 27.1. The highest BCUT2D eigenvalue weighted by Gasteiger charge is 2.60. The van der Waals surface area contributed by atoms with Crippen LogP contribution >= 0.6 is 0 Å². The molecule has 3 unspecified atom stereocenters. The van der Waals surface area contributed by atoms with Crippen molar-refractivity contribution in [2.45, 2.75) is 44.9 Å². The Labute approximate surface area is 217 Å². The van der Waals surface area contributed by atoms with Crippen molar-refractivity contribution in [2.75, 3.05) is 18.9 Å². The van der Waals surface area contributed by atoms with E-state index in [9.17, 15) is 15.0 Å². The number of carbonyl (C=O) groups excluding carboxylic acids is 1. The molecule has 0 spiro atoms. The molecule has 14 nitrogen and oxygen atoms in total. The number of carbonyl (C=O) groups is 1. The van der Waals surface area contributed by atoms with E-state index in [0.29, 0.717) is 34.4 Å². The van der Waals surface area contributed by atoms with Gasteiger partial charge in [-0.25, -0.2) is 15.0 Å². The summed E-state index contributed by atoms with van der Waals surface area (Å²) in [6.07, 6.45) is 6.28. The highest BCUT2D eigenvalue weighted by molar-refractivity contribution is 5.85. The smallest absolute Gasteiger partial charge is 0.256 e. The first-order valence-electron chi connectivity index (χ1n) is 12.6. The predicted molar refractivity (Wildman–Crippen MR) is 135 cm³/mol. The molecule has 4 N–H and O–H groups in total. The van der Waals surface area contributed by atoms with E-state index in [4.69, 9.17) is 4.98 Å². The largest absolute Gasteiger partial charge is 0.389 e. The number of amides is 1. The van der Waals surface area contributed by atoms with Crippen molar-refractivity contribution in [1.29, 1.82) is 0 Å². The second-order valence-electron chi connectivity index (χ2n) is 10.2. The van der Waals surface area contributed by atoms with Gasteiger partial charge in [-0.3, -0.25) is 4.79 Å². The third-order valence-electron chi connectivity index (χ3n) is 7.94. The summed E-state index contributed by atoms with van der Waals surface area (Å²) in [4.78, 5) is 35.2. The summed E-state index contributed by atoms with van der Waals surface area (Å²) in [7, 11) is 1.52. The lowest BCUT2D eigenvalue weighted by molar-refractivity contribution is -0.139. The molecule has 38 heavy (non-hydrogen) atoms. The average molecular weight is 520 g/mol. The number of fused-ring (bicyclic) bond motifs is 1. The fourth-order valence-electron chi connectivity index (χ4n) is 5.28. The molecule has 2 fully saturated rings. The minimum absolute atomic E-state index is 0.238. The molecule has 2 saturated carbocycles. The summed E-state index contributed by atoms with van der Waals surface area (Å²) < 4.78 is 3.15. The Hall–Kier alpha value is -4.04. The summed E-state index contributed by atoms with van der Waals surface area (Å²) >= 11 is 0. The Bertz CT molecular complexity index is 1480. The highest BCUT2D eigenvalue weighted by Crippen LogP contribution is 2.50. The molecule has 14 heteroatoms. The first-order chi connectivity index (χ1) is 18.3. The van der Waals surface area contributed by atoms with Gasteiger partial charge in [0.1, 0.15) is 6.10 Å². The minimum atomic E-state index is -1.28. The second-order valence-corrected chi connectivity index (χ2v) is 10.2. The molecule has 4 aromatic rings. The van der Waals surface area contributed by atoms with E-state index in [1.165, 1.54) is 11.7 Å². The van der Waals surface area contributed by atoms with Crippen molar-refractivity contribution in [1.82, 2.24) is 49.8 Å². The van der Waals surface area contributed by atoms with Crippen LogP contribution in [0.1, 0.15) is 32.7 Å². The molecular weight excluding hydrogens is 490 g/mol. The maximum absolute atomic E-state index is 12.8. The van der Waals surface area contributed by atoms with Crippen LogP contribution in [-0.4, -0.2) is 86.4 Å². The molecule has 198 valence electrons. The molecule has 5 atom stereocenters. The fraction of sp³-hybridized carbons (Fsp3) is 0.500. The number of aromatic nitrogens is 9. The number of rotatable bonds is 7. The summed E-state index contributed by atoms with van der Waals surface area (Å²) in [5.74, 6) is 0.977. The van der Waals surface area contributed by atoms with Gasteiger partial charge in [0, 0.05) is 26.0 Å².